The van der Waals surface area contributed by atoms with Gasteiger partial charge >= 0.3 is 0 Å². The van der Waals surface area contributed by atoms with Gasteiger partial charge in [-0.1, -0.05) is 31.2 Å². The Bertz CT molecular complexity index is 914. The van der Waals surface area contributed by atoms with Crippen LogP contribution < -0.4 is 0 Å². The van der Waals surface area contributed by atoms with Gasteiger partial charge in [-0.25, -0.2) is 4.68 Å². The monoisotopic (exact) mass is 397 g/mol. The van der Waals surface area contributed by atoms with Crippen molar-refractivity contribution in [3.63, 3.8) is 0 Å². The molecule has 2 aromatic heterocycles. The van der Waals surface area contributed by atoms with Crippen LogP contribution in [-0.4, -0.2) is 59.1 Å². The van der Waals surface area contributed by atoms with E-state index < -0.39 is 0 Å². The summed E-state index contributed by atoms with van der Waals surface area (Å²) in [6, 6.07) is 8.47. The molecule has 8 nitrogen and oxygen atoms in total. The first kappa shape index (κ1) is 18.7. The van der Waals surface area contributed by atoms with E-state index in [2.05, 4.69) is 46.5 Å². The van der Waals surface area contributed by atoms with Crippen LogP contribution in [0, 0.1) is 0 Å². The molecule has 9 heteroatoms. The molecule has 4 rings (SSSR count). The third-order valence-corrected chi connectivity index (χ3v) is 5.58. The van der Waals surface area contributed by atoms with E-state index in [1.54, 1.807) is 17.2 Å². The van der Waals surface area contributed by atoms with E-state index in [0.29, 0.717) is 31.3 Å². The van der Waals surface area contributed by atoms with Gasteiger partial charge in [0.25, 0.3) is 0 Å². The molecule has 1 aromatic carbocycles. The van der Waals surface area contributed by atoms with Crippen LogP contribution in [0.2, 0.25) is 0 Å². The number of benzene rings is 1. The molecule has 1 aliphatic rings. The van der Waals surface area contributed by atoms with Gasteiger partial charge < -0.3 is 4.90 Å². The zero-order valence-corrected chi connectivity index (χ0v) is 16.8. The van der Waals surface area contributed by atoms with Crippen LogP contribution in [-0.2, 0) is 17.8 Å². The Morgan fingerprint density at radius 3 is 2.57 bits per heavy atom. The third kappa shape index (κ3) is 4.41. The molecule has 0 unspecified atom stereocenters. The summed E-state index contributed by atoms with van der Waals surface area (Å²) >= 11 is 1.83. The number of carbonyl (C=O) groups is 1. The summed E-state index contributed by atoms with van der Waals surface area (Å²) in [6.45, 7) is 6.18. The van der Waals surface area contributed by atoms with Gasteiger partial charge in [-0.15, -0.1) is 16.9 Å². The zero-order chi connectivity index (χ0) is 19.5. The van der Waals surface area contributed by atoms with E-state index in [-0.39, 0.29) is 11.9 Å². The fourth-order valence-electron chi connectivity index (χ4n) is 3.10. The van der Waals surface area contributed by atoms with E-state index >= 15 is 0 Å². The number of amides is 1. The summed E-state index contributed by atoms with van der Waals surface area (Å²) in [6.07, 6.45) is 5.61. The quantitative estimate of drug-likeness (QED) is 0.568. The minimum Gasteiger partial charge on any atom is -0.338 e. The number of likely N-dealkylation sites (tertiary alicyclic amines) is 1. The van der Waals surface area contributed by atoms with Gasteiger partial charge in [-0.05, 0) is 17.7 Å². The smallest absolute Gasteiger partial charge is 0.227 e. The fraction of sp³-hybridized carbons (Fsp3) is 0.421. The van der Waals surface area contributed by atoms with Crippen molar-refractivity contribution in [1.29, 1.82) is 0 Å². The zero-order valence-electron chi connectivity index (χ0n) is 16.0. The number of thioether (sulfide) groups is 1. The second kappa shape index (κ2) is 8.14. The molecule has 1 aliphatic heterocycles. The largest absolute Gasteiger partial charge is 0.338 e. The van der Waals surface area contributed by atoms with Crippen LogP contribution in [0.1, 0.15) is 31.1 Å². The summed E-state index contributed by atoms with van der Waals surface area (Å²) in [5.74, 6) is 0.154. The van der Waals surface area contributed by atoms with E-state index in [1.807, 2.05) is 39.7 Å². The summed E-state index contributed by atoms with van der Waals surface area (Å²) in [4.78, 5) is 17.2. The van der Waals surface area contributed by atoms with Gasteiger partial charge in [0.1, 0.15) is 12.2 Å². The van der Waals surface area contributed by atoms with E-state index in [1.165, 1.54) is 4.90 Å². The Morgan fingerprint density at radius 2 is 1.89 bits per heavy atom. The fourth-order valence-corrected chi connectivity index (χ4v) is 3.94. The lowest BCUT2D eigenvalue weighted by atomic mass is 10.1. The topological polar surface area (TPSA) is 81.7 Å². The van der Waals surface area contributed by atoms with Gasteiger partial charge in [-0.3, -0.25) is 4.79 Å². The molecule has 0 bridgehead atoms. The summed E-state index contributed by atoms with van der Waals surface area (Å²) in [5, 5.41) is 17.0. The van der Waals surface area contributed by atoms with E-state index in [4.69, 9.17) is 0 Å². The van der Waals surface area contributed by atoms with Crippen molar-refractivity contribution in [1.82, 2.24) is 34.9 Å². The van der Waals surface area contributed by atoms with Gasteiger partial charge in [0.2, 0.25) is 5.91 Å². The number of nitrogens with zero attached hydrogens (tertiary/aromatic N) is 7. The number of rotatable bonds is 7. The first-order valence-corrected chi connectivity index (χ1v) is 10.2. The highest BCUT2D eigenvalue weighted by molar-refractivity contribution is 7.99. The third-order valence-electron chi connectivity index (χ3n) is 4.57. The molecule has 146 valence electrons. The minimum atomic E-state index is 0.154. The molecular formula is C19H23N7OS. The molecule has 1 amide bonds. The minimum absolute atomic E-state index is 0.154. The molecule has 0 atom stereocenters. The Labute approximate surface area is 167 Å². The SMILES string of the molecule is CC(C)Sc1ccc(CC(=O)N2CC(n3cc(Cn4nccn4)nn3)C2)cc1. The summed E-state index contributed by atoms with van der Waals surface area (Å²) < 4.78 is 1.83. The Kier molecular flexibility index (Phi) is 5.43. The van der Waals surface area contributed by atoms with Crippen LogP contribution >= 0.6 is 11.8 Å². The average Bonchev–Trinajstić information content (AvgIpc) is 3.28. The molecule has 0 N–H and O–H groups in total. The molecule has 3 heterocycles. The van der Waals surface area contributed by atoms with Crippen molar-refractivity contribution >= 4 is 17.7 Å². The second-order valence-corrected chi connectivity index (χ2v) is 8.84. The van der Waals surface area contributed by atoms with Crippen molar-refractivity contribution in [2.75, 3.05) is 13.1 Å². The van der Waals surface area contributed by atoms with Crippen molar-refractivity contribution in [2.24, 2.45) is 0 Å². The van der Waals surface area contributed by atoms with Gasteiger partial charge in [0.05, 0.1) is 31.1 Å². The van der Waals surface area contributed by atoms with Crippen LogP contribution in [0.5, 0.6) is 0 Å². The van der Waals surface area contributed by atoms with Gasteiger partial charge in [0, 0.05) is 23.2 Å². The lowest BCUT2D eigenvalue weighted by Gasteiger charge is -2.39. The molecule has 0 saturated carbocycles. The second-order valence-electron chi connectivity index (χ2n) is 7.19. The van der Waals surface area contributed by atoms with Crippen molar-refractivity contribution in [2.45, 2.75) is 43.0 Å². The maximum absolute atomic E-state index is 12.5. The Hall–Kier alpha value is -2.68. The molecule has 3 aromatic rings. The average molecular weight is 398 g/mol. The number of aromatic nitrogens is 6. The predicted octanol–water partition coefficient (Wildman–Crippen LogP) is 2.04. The van der Waals surface area contributed by atoms with Crippen molar-refractivity contribution < 1.29 is 4.79 Å². The lowest BCUT2D eigenvalue weighted by Crippen LogP contribution is -2.51. The maximum Gasteiger partial charge on any atom is 0.227 e. The van der Waals surface area contributed by atoms with Gasteiger partial charge in [-0.2, -0.15) is 15.0 Å². The van der Waals surface area contributed by atoms with E-state index in [0.717, 1.165) is 11.3 Å². The van der Waals surface area contributed by atoms with Gasteiger partial charge in [0.15, 0.2) is 0 Å². The Morgan fingerprint density at radius 1 is 1.18 bits per heavy atom. The molecule has 28 heavy (non-hydrogen) atoms. The standard InChI is InChI=1S/C19H23N7OS/c1-14(2)28-18-5-3-15(4-6-18)9-19(27)24-12-17(13-24)25-10-16(22-23-25)11-26-20-7-8-21-26/h3-8,10,14,17H,9,11-13H2,1-2H3. The molecule has 0 aliphatic carbocycles. The first-order chi connectivity index (χ1) is 13.6. The highest BCUT2D eigenvalue weighted by Gasteiger charge is 2.32. The molecule has 1 fully saturated rings. The highest BCUT2D eigenvalue weighted by atomic mass is 32.2. The number of hydrogen-bond acceptors (Lipinski definition) is 6. The molecular weight excluding hydrogens is 374 g/mol. The number of carbonyl (C=O) groups excluding carboxylic acids is 1. The molecule has 0 spiro atoms. The molecule has 0 radical (unpaired) electrons. The highest BCUT2D eigenvalue weighted by Crippen LogP contribution is 2.24. The van der Waals surface area contributed by atoms with Crippen LogP contribution in [0.25, 0.3) is 0 Å². The predicted molar refractivity (Wildman–Crippen MR) is 106 cm³/mol. The lowest BCUT2D eigenvalue weighted by molar-refractivity contribution is -0.136. The summed E-state index contributed by atoms with van der Waals surface area (Å²) in [5.41, 5.74) is 1.86. The van der Waals surface area contributed by atoms with Crippen LogP contribution in [0.4, 0.5) is 0 Å². The van der Waals surface area contributed by atoms with Crippen LogP contribution in [0.15, 0.2) is 47.8 Å². The van der Waals surface area contributed by atoms with Crippen molar-refractivity contribution in [3.8, 4) is 0 Å². The maximum atomic E-state index is 12.5. The summed E-state index contributed by atoms with van der Waals surface area (Å²) in [7, 11) is 0. The first-order valence-electron chi connectivity index (χ1n) is 9.35. The Balaban J connectivity index is 1.26. The van der Waals surface area contributed by atoms with E-state index in [9.17, 15) is 4.79 Å². The van der Waals surface area contributed by atoms with Crippen molar-refractivity contribution in [3.05, 3.63) is 54.1 Å². The molecule has 1 saturated heterocycles. The van der Waals surface area contributed by atoms with Crippen LogP contribution in [0.3, 0.4) is 0 Å². The normalized spacial score (nSPS) is 14.5. The number of hydrogen-bond donors (Lipinski definition) is 0.